The first-order chi connectivity index (χ1) is 10.6. The van der Waals surface area contributed by atoms with E-state index in [9.17, 15) is 9.59 Å². The Kier molecular flexibility index (Phi) is 5.53. The van der Waals surface area contributed by atoms with E-state index in [1.54, 1.807) is 13.0 Å². The number of fused-ring (bicyclic) bond motifs is 1. The van der Waals surface area contributed by atoms with Gasteiger partial charge in [0, 0.05) is 21.1 Å². The summed E-state index contributed by atoms with van der Waals surface area (Å²) < 4.78 is 17.2. The molecule has 2 atom stereocenters. The fraction of sp³-hybridized carbons (Fsp3) is 0.625. The first kappa shape index (κ1) is 18.4. The van der Waals surface area contributed by atoms with Crippen molar-refractivity contribution in [2.45, 2.75) is 50.7 Å². The van der Waals surface area contributed by atoms with E-state index in [0.717, 1.165) is 6.04 Å². The van der Waals surface area contributed by atoms with Crippen LogP contribution < -0.4 is 0 Å². The Bertz CT molecular complexity index is 563. The largest absolute Gasteiger partial charge is 0.477 e. The van der Waals surface area contributed by atoms with Crippen molar-refractivity contribution in [2.24, 2.45) is 0 Å². The summed E-state index contributed by atoms with van der Waals surface area (Å²) in [6.07, 6.45) is 2.70. The quantitative estimate of drug-likeness (QED) is 0.387. The molecule has 1 fully saturated rings. The second kappa shape index (κ2) is 6.90. The number of carbonyl (C=O) groups excluding carboxylic acids is 2. The molecule has 1 aliphatic carbocycles. The molecule has 1 saturated heterocycles. The number of hydrogen-bond acceptors (Lipinski definition) is 5. The topological polar surface area (TPSA) is 61.8 Å². The standard InChI is InChI=1S/C16H23BrO5Si/c1-11-15(19)22-16(7-8-20-9-10-23(2,3)4)6-5-12(18)13(17)14(16)21-11/h5-6,11H,7-10H2,1-4H3/t11-,16-/m0/s1. The molecule has 0 saturated carbocycles. The number of ether oxygens (including phenoxy) is 3. The molecule has 0 spiro atoms. The zero-order valence-corrected chi connectivity index (χ0v) is 16.6. The van der Waals surface area contributed by atoms with Gasteiger partial charge in [0.15, 0.2) is 23.2 Å². The first-order valence-electron chi connectivity index (χ1n) is 7.76. The van der Waals surface area contributed by atoms with E-state index in [4.69, 9.17) is 14.2 Å². The molecule has 128 valence electrons. The van der Waals surface area contributed by atoms with Crippen molar-refractivity contribution < 1.29 is 23.8 Å². The minimum Gasteiger partial charge on any atom is -0.477 e. The molecule has 7 heteroatoms. The molecule has 23 heavy (non-hydrogen) atoms. The van der Waals surface area contributed by atoms with Gasteiger partial charge in [0.1, 0.15) is 4.48 Å². The number of halogens is 1. The summed E-state index contributed by atoms with van der Waals surface area (Å²) in [7, 11) is -1.13. The highest BCUT2D eigenvalue weighted by Crippen LogP contribution is 2.40. The van der Waals surface area contributed by atoms with Crippen molar-refractivity contribution in [3.63, 3.8) is 0 Å². The van der Waals surface area contributed by atoms with E-state index in [2.05, 4.69) is 35.6 Å². The second-order valence-electron chi connectivity index (χ2n) is 7.08. The molecule has 2 aliphatic rings. The van der Waals surface area contributed by atoms with Gasteiger partial charge in [-0.15, -0.1) is 0 Å². The zero-order chi connectivity index (χ0) is 17.3. The van der Waals surface area contributed by atoms with E-state index in [1.807, 2.05) is 0 Å². The summed E-state index contributed by atoms with van der Waals surface area (Å²) in [4.78, 5) is 23.8. The highest BCUT2D eigenvalue weighted by atomic mass is 79.9. The third-order valence-electron chi connectivity index (χ3n) is 3.83. The van der Waals surface area contributed by atoms with Crippen LogP contribution in [0.1, 0.15) is 13.3 Å². The van der Waals surface area contributed by atoms with E-state index >= 15 is 0 Å². The summed E-state index contributed by atoms with van der Waals surface area (Å²) in [6, 6.07) is 1.08. The minimum absolute atomic E-state index is 0.194. The molecule has 0 radical (unpaired) electrons. The van der Waals surface area contributed by atoms with E-state index in [-0.39, 0.29) is 5.78 Å². The number of rotatable bonds is 6. The summed E-state index contributed by atoms with van der Waals surface area (Å²) in [6.45, 7) is 9.60. The van der Waals surface area contributed by atoms with Crippen LogP contribution in [0.3, 0.4) is 0 Å². The van der Waals surface area contributed by atoms with E-state index in [1.165, 1.54) is 6.08 Å². The fourth-order valence-electron chi connectivity index (χ4n) is 2.33. The van der Waals surface area contributed by atoms with Crippen molar-refractivity contribution in [3.8, 4) is 0 Å². The third-order valence-corrected chi connectivity index (χ3v) is 6.28. The van der Waals surface area contributed by atoms with E-state index in [0.29, 0.717) is 29.9 Å². The van der Waals surface area contributed by atoms with Gasteiger partial charge in [0.2, 0.25) is 0 Å². The number of hydrogen-bond donors (Lipinski definition) is 0. The zero-order valence-electron chi connectivity index (χ0n) is 14.0. The lowest BCUT2D eigenvalue weighted by molar-refractivity contribution is -0.182. The van der Waals surface area contributed by atoms with Crippen molar-refractivity contribution in [1.82, 2.24) is 0 Å². The Morgan fingerprint density at radius 3 is 2.65 bits per heavy atom. The van der Waals surface area contributed by atoms with Gasteiger partial charge in [-0.3, -0.25) is 4.79 Å². The lowest BCUT2D eigenvalue weighted by atomic mass is 9.90. The molecule has 0 aromatic heterocycles. The normalized spacial score (nSPS) is 27.6. The van der Waals surface area contributed by atoms with Gasteiger partial charge in [0.05, 0.1) is 6.61 Å². The van der Waals surface area contributed by atoms with Crippen LogP contribution in [0, 0.1) is 0 Å². The first-order valence-corrected chi connectivity index (χ1v) is 12.3. The highest BCUT2D eigenvalue weighted by molar-refractivity contribution is 9.12. The van der Waals surface area contributed by atoms with Gasteiger partial charge in [-0.1, -0.05) is 19.6 Å². The average Bonchev–Trinajstić information content (AvgIpc) is 2.45. The SMILES string of the molecule is C[C@@H]1OC2=C(Br)C(=O)C=C[C@@]2(CCOCC[Si](C)(C)C)OC1=O. The highest BCUT2D eigenvalue weighted by Gasteiger charge is 2.48. The van der Waals surface area contributed by atoms with Crippen LogP contribution in [0.2, 0.25) is 25.7 Å². The van der Waals surface area contributed by atoms with Gasteiger partial charge >= 0.3 is 5.97 Å². The second-order valence-corrected chi connectivity index (χ2v) is 13.5. The van der Waals surface area contributed by atoms with Gasteiger partial charge in [-0.25, -0.2) is 4.79 Å². The molecule has 0 amide bonds. The Balaban J connectivity index is 2.05. The minimum atomic E-state index is -1.13. The lowest BCUT2D eigenvalue weighted by Gasteiger charge is -2.40. The van der Waals surface area contributed by atoms with Crippen LogP contribution in [0.15, 0.2) is 22.4 Å². The van der Waals surface area contributed by atoms with Crippen LogP contribution in [0.5, 0.6) is 0 Å². The van der Waals surface area contributed by atoms with Crippen molar-refractivity contribution in [2.75, 3.05) is 13.2 Å². The van der Waals surface area contributed by atoms with Crippen molar-refractivity contribution in [1.29, 1.82) is 0 Å². The monoisotopic (exact) mass is 402 g/mol. The molecule has 0 aromatic rings. The molecule has 1 aliphatic heterocycles. The Morgan fingerprint density at radius 2 is 2.00 bits per heavy atom. The van der Waals surface area contributed by atoms with Gasteiger partial charge in [-0.05, 0) is 41.0 Å². The molecular weight excluding hydrogens is 380 g/mol. The summed E-state index contributed by atoms with van der Waals surface area (Å²) >= 11 is 3.25. The number of allylic oxidation sites excluding steroid dienone is 2. The number of ketones is 1. The molecule has 0 aromatic carbocycles. The molecule has 2 rings (SSSR count). The Hall–Kier alpha value is -0.923. The summed E-state index contributed by atoms with van der Waals surface area (Å²) in [5.41, 5.74) is -1.05. The van der Waals surface area contributed by atoms with Crippen molar-refractivity contribution in [3.05, 3.63) is 22.4 Å². The Labute approximate surface area is 146 Å². The third kappa shape index (κ3) is 4.33. The Morgan fingerprint density at radius 1 is 1.30 bits per heavy atom. The summed E-state index contributed by atoms with van der Waals surface area (Å²) in [5, 5.41) is 0. The van der Waals surface area contributed by atoms with Gasteiger partial charge < -0.3 is 14.2 Å². The molecule has 0 unspecified atom stereocenters. The van der Waals surface area contributed by atoms with Gasteiger partial charge in [0.25, 0.3) is 0 Å². The van der Waals surface area contributed by atoms with Crippen LogP contribution in [0.25, 0.3) is 0 Å². The lowest BCUT2D eigenvalue weighted by Crippen LogP contribution is -2.48. The molecular formula is C16H23BrO5Si. The molecule has 1 heterocycles. The van der Waals surface area contributed by atoms with Crippen molar-refractivity contribution >= 4 is 35.8 Å². The molecule has 5 nitrogen and oxygen atoms in total. The number of esters is 1. The fourth-order valence-corrected chi connectivity index (χ4v) is 3.65. The predicted octanol–water partition coefficient (Wildman–Crippen LogP) is 3.18. The van der Waals surface area contributed by atoms with Crippen LogP contribution in [0.4, 0.5) is 0 Å². The average molecular weight is 403 g/mol. The van der Waals surface area contributed by atoms with Gasteiger partial charge in [-0.2, -0.15) is 0 Å². The maximum atomic E-state index is 11.9. The predicted molar refractivity (Wildman–Crippen MR) is 93.1 cm³/mol. The van der Waals surface area contributed by atoms with Crippen LogP contribution in [-0.4, -0.2) is 44.7 Å². The maximum absolute atomic E-state index is 11.9. The maximum Gasteiger partial charge on any atom is 0.348 e. The molecule has 0 bridgehead atoms. The van der Waals surface area contributed by atoms with Crippen LogP contribution in [-0.2, 0) is 23.8 Å². The number of carbonyl (C=O) groups is 2. The smallest absolute Gasteiger partial charge is 0.348 e. The van der Waals surface area contributed by atoms with Crippen LogP contribution >= 0.6 is 15.9 Å². The molecule has 0 N–H and O–H groups in total. The van der Waals surface area contributed by atoms with E-state index < -0.39 is 25.7 Å². The summed E-state index contributed by atoms with van der Waals surface area (Å²) in [5.74, 6) is -0.263.